The Morgan fingerprint density at radius 3 is 2.64 bits per heavy atom. The first kappa shape index (κ1) is 15.0. The number of hydrogen-bond donors (Lipinski definition) is 0. The summed E-state index contributed by atoms with van der Waals surface area (Å²) in [5.41, 5.74) is -0.920. The number of halogens is 3. The molecular weight excluding hydrogens is 299 g/mol. The molecule has 2 heterocycles. The zero-order chi connectivity index (χ0) is 15.9. The smallest absolute Gasteiger partial charge is 0.377 e. The molecule has 118 valence electrons. The van der Waals surface area contributed by atoms with Crippen molar-refractivity contribution in [2.45, 2.75) is 31.5 Å². The molecule has 0 spiro atoms. The van der Waals surface area contributed by atoms with Crippen molar-refractivity contribution in [1.29, 1.82) is 0 Å². The highest BCUT2D eigenvalue weighted by atomic mass is 19.4. The maximum absolute atomic E-state index is 12.8. The van der Waals surface area contributed by atoms with Crippen molar-refractivity contribution in [2.24, 2.45) is 5.92 Å². The minimum Gasteiger partial charge on any atom is -0.377 e. The van der Waals surface area contributed by atoms with Crippen LogP contribution in [0.3, 0.4) is 0 Å². The van der Waals surface area contributed by atoms with Crippen LogP contribution >= 0.6 is 0 Å². The molecule has 3 rings (SSSR count). The molecule has 1 aromatic rings. The fourth-order valence-electron chi connectivity index (χ4n) is 2.96. The Hall–Kier alpha value is -1.89. The fourth-order valence-corrected chi connectivity index (χ4v) is 2.96. The molecule has 2 aliphatic rings. The molecule has 2 fully saturated rings. The molecule has 2 amide bonds. The molecule has 0 N–H and O–H groups in total. The zero-order valence-corrected chi connectivity index (χ0v) is 11.6. The molecule has 7 heteroatoms. The molecule has 2 saturated heterocycles. The predicted molar refractivity (Wildman–Crippen MR) is 71.0 cm³/mol. The first-order chi connectivity index (χ1) is 10.4. The van der Waals surface area contributed by atoms with Crippen LogP contribution in [0.1, 0.15) is 24.8 Å². The van der Waals surface area contributed by atoms with E-state index in [1.807, 2.05) is 0 Å². The van der Waals surface area contributed by atoms with Gasteiger partial charge in [0.25, 0.3) is 0 Å². The molecular formula is C15H14F3NO3. The van der Waals surface area contributed by atoms with Gasteiger partial charge in [0.1, 0.15) is 0 Å². The highest BCUT2D eigenvalue weighted by Crippen LogP contribution is 2.36. The van der Waals surface area contributed by atoms with Gasteiger partial charge in [-0.1, -0.05) is 6.07 Å². The Bertz CT molecular complexity index is 608. The average molecular weight is 313 g/mol. The number of hydrogen-bond acceptors (Lipinski definition) is 3. The number of benzene rings is 1. The average Bonchev–Trinajstić information content (AvgIpc) is 3.06. The summed E-state index contributed by atoms with van der Waals surface area (Å²) in [7, 11) is 0. The van der Waals surface area contributed by atoms with E-state index in [0.29, 0.717) is 13.0 Å². The van der Waals surface area contributed by atoms with E-state index in [4.69, 9.17) is 4.74 Å². The second-order valence-electron chi connectivity index (χ2n) is 5.48. The second kappa shape index (κ2) is 5.39. The number of rotatable bonds is 2. The van der Waals surface area contributed by atoms with Gasteiger partial charge < -0.3 is 4.74 Å². The van der Waals surface area contributed by atoms with Crippen molar-refractivity contribution in [1.82, 2.24) is 0 Å². The minimum atomic E-state index is -4.52. The topological polar surface area (TPSA) is 46.6 Å². The Labute approximate surface area is 124 Å². The summed E-state index contributed by atoms with van der Waals surface area (Å²) in [5.74, 6) is -1.55. The van der Waals surface area contributed by atoms with Gasteiger partial charge in [0.05, 0.1) is 23.3 Å². The van der Waals surface area contributed by atoms with E-state index < -0.39 is 29.5 Å². The van der Waals surface area contributed by atoms with Crippen LogP contribution in [-0.4, -0.2) is 24.5 Å². The van der Waals surface area contributed by atoms with Gasteiger partial charge in [-0.15, -0.1) is 0 Å². The number of anilines is 1. The third-order valence-corrected chi connectivity index (χ3v) is 4.03. The Morgan fingerprint density at radius 2 is 2.00 bits per heavy atom. The maximum Gasteiger partial charge on any atom is 0.416 e. The molecule has 2 unspecified atom stereocenters. The van der Waals surface area contributed by atoms with E-state index in [1.165, 1.54) is 12.1 Å². The van der Waals surface area contributed by atoms with Gasteiger partial charge in [0.15, 0.2) is 0 Å². The van der Waals surface area contributed by atoms with Crippen LogP contribution in [0.5, 0.6) is 0 Å². The molecule has 2 aliphatic heterocycles. The van der Waals surface area contributed by atoms with Crippen molar-refractivity contribution in [3.8, 4) is 0 Å². The van der Waals surface area contributed by atoms with Crippen molar-refractivity contribution in [2.75, 3.05) is 11.5 Å². The van der Waals surface area contributed by atoms with Gasteiger partial charge in [-0.3, -0.25) is 14.5 Å². The summed E-state index contributed by atoms with van der Waals surface area (Å²) in [6.07, 6.45) is -3.32. The lowest BCUT2D eigenvalue weighted by Gasteiger charge is -2.18. The number of imide groups is 1. The number of alkyl halides is 3. The lowest BCUT2D eigenvalue weighted by molar-refractivity contribution is -0.137. The lowest BCUT2D eigenvalue weighted by atomic mass is 9.98. The van der Waals surface area contributed by atoms with Crippen LogP contribution < -0.4 is 4.90 Å². The molecule has 0 saturated carbocycles. The molecule has 1 aromatic carbocycles. The van der Waals surface area contributed by atoms with E-state index in [0.717, 1.165) is 23.5 Å². The van der Waals surface area contributed by atoms with Gasteiger partial charge in [-0.2, -0.15) is 13.2 Å². The van der Waals surface area contributed by atoms with Crippen LogP contribution in [0.2, 0.25) is 0 Å². The molecule has 22 heavy (non-hydrogen) atoms. The van der Waals surface area contributed by atoms with Gasteiger partial charge in [0, 0.05) is 13.0 Å². The van der Waals surface area contributed by atoms with E-state index in [2.05, 4.69) is 0 Å². The first-order valence-corrected chi connectivity index (χ1v) is 7.03. The molecule has 0 aromatic heterocycles. The number of nitrogens with zero attached hydrogens (tertiary/aromatic N) is 1. The monoisotopic (exact) mass is 313 g/mol. The largest absolute Gasteiger partial charge is 0.416 e. The van der Waals surface area contributed by atoms with Crippen LogP contribution in [-0.2, 0) is 20.5 Å². The Morgan fingerprint density at radius 1 is 1.23 bits per heavy atom. The standard InChI is InChI=1S/C15H14F3NO3/c16-15(17,18)9-3-1-4-10(7-9)19-13(20)8-11(14(19)21)12-5-2-6-22-12/h1,3-4,7,11-12H,2,5-6,8H2. The van der Waals surface area contributed by atoms with E-state index in [9.17, 15) is 22.8 Å². The lowest BCUT2D eigenvalue weighted by Crippen LogP contribution is -2.33. The normalized spacial score (nSPS) is 26.0. The highest BCUT2D eigenvalue weighted by molar-refractivity contribution is 6.21. The minimum absolute atomic E-state index is 0.0141. The van der Waals surface area contributed by atoms with Crippen molar-refractivity contribution in [3.05, 3.63) is 29.8 Å². The zero-order valence-electron chi connectivity index (χ0n) is 11.6. The van der Waals surface area contributed by atoms with E-state index in [-0.39, 0.29) is 18.2 Å². The van der Waals surface area contributed by atoms with Gasteiger partial charge >= 0.3 is 6.18 Å². The Kier molecular flexibility index (Phi) is 3.68. The van der Waals surface area contributed by atoms with Gasteiger partial charge in [-0.25, -0.2) is 0 Å². The van der Waals surface area contributed by atoms with Crippen LogP contribution in [0.4, 0.5) is 18.9 Å². The van der Waals surface area contributed by atoms with Crippen LogP contribution in [0.25, 0.3) is 0 Å². The van der Waals surface area contributed by atoms with Crippen molar-refractivity contribution in [3.63, 3.8) is 0 Å². The van der Waals surface area contributed by atoms with Gasteiger partial charge in [-0.05, 0) is 31.0 Å². The fraction of sp³-hybridized carbons (Fsp3) is 0.467. The predicted octanol–water partition coefficient (Wildman–Crippen LogP) is 2.76. The third kappa shape index (κ3) is 2.61. The number of carbonyl (C=O) groups excluding carboxylic acids is 2. The summed E-state index contributed by atoms with van der Waals surface area (Å²) in [5, 5.41) is 0. The molecule has 0 radical (unpaired) electrons. The van der Waals surface area contributed by atoms with Crippen molar-refractivity contribution >= 4 is 17.5 Å². The first-order valence-electron chi connectivity index (χ1n) is 7.03. The summed E-state index contributed by atoms with van der Waals surface area (Å²) >= 11 is 0. The molecule has 0 aliphatic carbocycles. The Balaban J connectivity index is 1.88. The summed E-state index contributed by atoms with van der Waals surface area (Å²) in [6, 6.07) is 4.26. The number of carbonyl (C=O) groups is 2. The second-order valence-corrected chi connectivity index (χ2v) is 5.48. The SMILES string of the molecule is O=C1CC(C2CCCO2)C(=O)N1c1cccc(C(F)(F)F)c1. The summed E-state index contributed by atoms with van der Waals surface area (Å²) in [4.78, 5) is 25.3. The van der Waals surface area contributed by atoms with E-state index in [1.54, 1.807) is 0 Å². The number of amides is 2. The summed E-state index contributed by atoms with van der Waals surface area (Å²) < 4.78 is 43.7. The quantitative estimate of drug-likeness (QED) is 0.789. The molecule has 0 bridgehead atoms. The summed E-state index contributed by atoms with van der Waals surface area (Å²) in [6.45, 7) is 0.548. The number of ether oxygens (including phenoxy) is 1. The van der Waals surface area contributed by atoms with Gasteiger partial charge in [0.2, 0.25) is 11.8 Å². The molecule has 4 nitrogen and oxygen atoms in total. The third-order valence-electron chi connectivity index (χ3n) is 4.03. The van der Waals surface area contributed by atoms with Crippen LogP contribution in [0, 0.1) is 5.92 Å². The van der Waals surface area contributed by atoms with Crippen molar-refractivity contribution < 1.29 is 27.5 Å². The maximum atomic E-state index is 12.8. The molecule has 2 atom stereocenters. The van der Waals surface area contributed by atoms with Crippen LogP contribution in [0.15, 0.2) is 24.3 Å². The van der Waals surface area contributed by atoms with E-state index >= 15 is 0 Å². The highest BCUT2D eigenvalue weighted by Gasteiger charge is 2.45.